The molecule has 2 bridgehead atoms. The highest BCUT2D eigenvalue weighted by molar-refractivity contribution is 6.39. The fourth-order valence-corrected chi connectivity index (χ4v) is 17.6. The lowest BCUT2D eigenvalue weighted by atomic mass is 9.77. The Kier molecular flexibility index (Phi) is 33.0. The van der Waals surface area contributed by atoms with Crippen LogP contribution in [0, 0.1) is 35.5 Å². The van der Waals surface area contributed by atoms with E-state index >= 15 is 0 Å². The average molecular weight is 1730 g/mol. The summed E-state index contributed by atoms with van der Waals surface area (Å²) < 4.78 is 45.4. The highest BCUT2D eigenvalue weighted by atomic mass is 16.6. The van der Waals surface area contributed by atoms with Crippen molar-refractivity contribution >= 4 is 81.2 Å². The second-order valence-electron chi connectivity index (χ2n) is 34.1. The van der Waals surface area contributed by atoms with Crippen molar-refractivity contribution in [2.75, 3.05) is 109 Å². The lowest BCUT2D eigenvalue weighted by Gasteiger charge is -2.42. The first-order chi connectivity index (χ1) is 60.2. The summed E-state index contributed by atoms with van der Waals surface area (Å²) in [6.07, 6.45) is 23.1. The minimum absolute atomic E-state index is 0.0176. The largest absolute Gasteiger partial charge is 0.508 e. The number of aliphatic imine (C=N–C) groups is 1. The van der Waals surface area contributed by atoms with Gasteiger partial charge in [-0.15, -0.1) is 5.10 Å². The number of hydrogen-bond donors (Lipinski definition) is 6. The van der Waals surface area contributed by atoms with Gasteiger partial charge in [-0.25, -0.2) is 44.1 Å². The van der Waals surface area contributed by atoms with Gasteiger partial charge in [0.2, 0.25) is 23.6 Å². The number of aryl methyl sites for hydroxylation is 1. The molecule has 35 nitrogen and oxygen atoms in total. The summed E-state index contributed by atoms with van der Waals surface area (Å²) in [4.78, 5) is 135. The van der Waals surface area contributed by atoms with Gasteiger partial charge < -0.3 is 79.5 Å². The Hall–Kier alpha value is -10.5. The maximum absolute atomic E-state index is 14.9. The highest BCUT2D eigenvalue weighted by Crippen LogP contribution is 2.42. The van der Waals surface area contributed by atoms with Crippen LogP contribution < -0.4 is 26.2 Å². The molecule has 0 radical (unpaired) electrons. The number of aliphatic hydroxyl groups excluding tert-OH is 1. The molecule has 674 valence electrons. The quantitative estimate of drug-likeness (QED) is 0.0129. The number of anilines is 3. The van der Waals surface area contributed by atoms with E-state index in [1.807, 2.05) is 73.9 Å². The molecule has 0 unspecified atom stereocenters. The van der Waals surface area contributed by atoms with Crippen LogP contribution in [-0.2, 0) is 74.9 Å². The summed E-state index contributed by atoms with van der Waals surface area (Å²) in [6.45, 7) is 17.4. The van der Waals surface area contributed by atoms with Gasteiger partial charge in [0.25, 0.3) is 17.6 Å². The molecule has 15 atom stereocenters. The summed E-state index contributed by atoms with van der Waals surface area (Å²) >= 11 is 0. The molecule has 5 aliphatic heterocycles. The second kappa shape index (κ2) is 44.1. The van der Waals surface area contributed by atoms with Crippen molar-refractivity contribution in [2.45, 2.75) is 212 Å². The Morgan fingerprint density at radius 1 is 0.776 bits per heavy atom. The number of nitrogens with one attached hydrogen (secondary N) is 2. The number of methoxy groups -OCH3 is 3. The van der Waals surface area contributed by atoms with E-state index in [1.165, 1.54) is 30.7 Å². The number of benzene rings is 1. The van der Waals surface area contributed by atoms with Crippen LogP contribution in [0.5, 0.6) is 5.75 Å². The number of ether oxygens (including phenoxy) is 7. The zero-order chi connectivity index (χ0) is 89.0. The zero-order valence-electron chi connectivity index (χ0n) is 73.4. The summed E-state index contributed by atoms with van der Waals surface area (Å²) in [5.41, 5.74) is 12.7. The molecule has 5 aromatic heterocycles. The lowest BCUT2D eigenvalue weighted by molar-refractivity contribution is -0.265. The van der Waals surface area contributed by atoms with Crippen molar-refractivity contribution in [1.29, 1.82) is 0 Å². The van der Waals surface area contributed by atoms with Gasteiger partial charge in [-0.2, -0.15) is 5.10 Å². The number of aliphatic hydroxyl groups is 2. The fraction of sp³-hybridized carbons (Fsp3) is 0.589. The average Bonchev–Trinajstić information content (AvgIpc) is 1.72. The molecule has 3 saturated heterocycles. The number of phenols is 1. The van der Waals surface area contributed by atoms with Crippen molar-refractivity contribution < 1.29 is 82.0 Å². The van der Waals surface area contributed by atoms with Crippen LogP contribution >= 0.6 is 0 Å². The third-order valence-electron chi connectivity index (χ3n) is 25.0. The number of cyclic esters (lactones) is 1. The summed E-state index contributed by atoms with van der Waals surface area (Å²) in [7, 11) is 4.61. The van der Waals surface area contributed by atoms with E-state index < -0.39 is 83.7 Å². The number of unbranched alkanes of at least 4 members (excludes halogenated alkanes) is 1. The number of Topliss-reactive ketones (excluding diaryl/α,β-unsaturated/α-hetero) is 3. The second-order valence-corrected chi connectivity index (χ2v) is 34.1. The summed E-state index contributed by atoms with van der Waals surface area (Å²) in [6, 6.07) is 3.67. The van der Waals surface area contributed by atoms with E-state index in [0.717, 1.165) is 29.0 Å². The molecule has 3 amide bonds. The SMILES string of the molecule is CO[C@H]1C[C@@H]2CC[C@@H](C)[C@@](O)(O2)C(=O)C(=O)N2CCCC[C@H]2C(=O)O[C@H]([C@H](C)C[C@@H]2CC[C@H](n3cc(-c4cnc(N5CCN(c6ncc(C(=O)NCCOCCOCCC(=O)NCCCCn7nc(C8=Nc9ccc(O)cc9C8)c8c(N)ncnc87)cn6)CC5)nc4)nn3)[C@H](OC)C2)CC(=O)[C@H](C)/C=C(\C)[C@@H](O)[C@@H](OC)C(=O)[C@H](C)C[C@H](C)/C=C/C=C/C=C/1C. The monoisotopic (exact) mass is 1730 g/mol. The Morgan fingerprint density at radius 3 is 2.24 bits per heavy atom. The van der Waals surface area contributed by atoms with Crippen LogP contribution in [0.3, 0.4) is 0 Å². The fourth-order valence-electron chi connectivity index (χ4n) is 17.6. The van der Waals surface area contributed by atoms with Gasteiger partial charge >= 0.3 is 5.97 Å². The number of piperidine rings is 1. The smallest absolute Gasteiger partial charge is 0.329 e. The zero-order valence-corrected chi connectivity index (χ0v) is 73.4. The maximum Gasteiger partial charge on any atom is 0.329 e. The van der Waals surface area contributed by atoms with E-state index in [2.05, 4.69) is 45.8 Å². The van der Waals surface area contributed by atoms with Gasteiger partial charge in [-0.3, -0.25) is 33.8 Å². The molecule has 4 fully saturated rings. The molecule has 6 aliphatic rings. The number of allylic oxidation sites excluding steroid dienone is 6. The van der Waals surface area contributed by atoms with Crippen molar-refractivity contribution in [3.8, 4) is 17.0 Å². The molecule has 1 aromatic carbocycles. The summed E-state index contributed by atoms with van der Waals surface area (Å²) in [5.74, 6) is -7.43. The first kappa shape index (κ1) is 93.6. The predicted octanol–water partition coefficient (Wildman–Crippen LogP) is 8.08. The van der Waals surface area contributed by atoms with Crippen LogP contribution in [0.4, 0.5) is 23.4 Å². The molecule has 12 rings (SSSR count). The number of fused-ring (bicyclic) bond motifs is 5. The Morgan fingerprint density at radius 2 is 1.51 bits per heavy atom. The maximum atomic E-state index is 14.9. The molecule has 0 spiro atoms. The Bertz CT molecular complexity index is 4870. The highest BCUT2D eigenvalue weighted by Gasteiger charge is 2.53. The van der Waals surface area contributed by atoms with Crippen molar-refractivity contribution in [2.24, 2.45) is 40.5 Å². The molecule has 1 saturated carbocycles. The molecule has 6 aromatic rings. The van der Waals surface area contributed by atoms with Gasteiger partial charge in [0.1, 0.15) is 59.4 Å². The minimum Gasteiger partial charge on any atom is -0.508 e. The third-order valence-corrected chi connectivity index (χ3v) is 25.0. The number of ketones is 3. The minimum atomic E-state index is -2.48. The number of carbonyl (C=O) groups excluding carboxylic acids is 7. The molecule has 7 N–H and O–H groups in total. The number of piperazine rings is 1. The number of nitrogens with zero attached hydrogens (tertiary/aromatic N) is 15. The van der Waals surface area contributed by atoms with Gasteiger partial charge in [0.05, 0.1) is 79.3 Å². The van der Waals surface area contributed by atoms with E-state index in [9.17, 15) is 48.9 Å². The normalized spacial score (nSPS) is 27.7. The van der Waals surface area contributed by atoms with Crippen molar-refractivity contribution in [3.63, 3.8) is 0 Å². The molecular formula is C90H122N18O17. The number of nitrogens with two attached hydrogens (primary N) is 1. The number of amides is 3. The van der Waals surface area contributed by atoms with Crippen LogP contribution in [0.15, 0.2) is 108 Å². The number of esters is 1. The summed E-state index contributed by atoms with van der Waals surface area (Å²) in [5, 5.41) is 54.2. The molecule has 35 heteroatoms. The number of carbonyl (C=O) groups is 7. The lowest BCUT2D eigenvalue weighted by Crippen LogP contribution is -2.61. The Balaban J connectivity index is 0.580. The van der Waals surface area contributed by atoms with E-state index in [-0.39, 0.29) is 118 Å². The number of hydrogen-bond acceptors (Lipinski definition) is 30. The number of phenolic OH excluding ortho intramolecular Hbond substituents is 1. The molecule has 1 aliphatic carbocycles. The van der Waals surface area contributed by atoms with Gasteiger partial charge in [0, 0.05) is 147 Å². The van der Waals surface area contributed by atoms with Crippen molar-refractivity contribution in [3.05, 3.63) is 120 Å². The molecule has 10 heterocycles. The molecular weight excluding hydrogens is 1610 g/mol. The van der Waals surface area contributed by atoms with Crippen LogP contribution in [0.1, 0.15) is 172 Å². The van der Waals surface area contributed by atoms with E-state index in [0.29, 0.717) is 167 Å². The molecule has 125 heavy (non-hydrogen) atoms. The predicted molar refractivity (Wildman–Crippen MR) is 464 cm³/mol. The standard InChI is InChI=1S/C90H122N18O17/c1-54-18-12-11-13-19-55(2)73(119-8)46-66-24-21-60(7)90(118,125-66)82(114)86(116)106-30-16-14-20-71(106)87(117)124-74(47-72(110)56(3)41-59(6)80(113)81(121-10)79(112)58(5)40-54)57(4)42-61-22-26-70(75(43-61)120-9)108-52-69(101-103-108)63-48-94-88(95-49-63)104-32-34-105(35-33-104)89-96-50-64(51-97-89)85(115)93-29-37-123-39-38-122-36-27-76(111)92-28-15-17-31-107-84-77(83(91)98-53-99-84)78(102-107)68-45-62-44-65(109)23-25-67(62)100-68/h11-13,18-19,23,25,41,44,48-54,56-58,60-61,66,70-71,73-75,80-81,109,113,118H,14-17,20-22,24,26-40,42-43,45-47H2,1-10H3,(H,92,111)(H,93,115)(H2,91,98,99)/b13-11+,18-12+,55-19+,59-41+/t54-,56-,57-,58-,60-,61+,66+,70+,71+,73+,74+,75-,80-,81+,90-/m1/s1. The van der Waals surface area contributed by atoms with E-state index in [1.54, 1.807) is 76.3 Å². The van der Waals surface area contributed by atoms with E-state index in [4.69, 9.17) is 59.0 Å². The number of nitrogen functional groups attached to an aromatic ring is 1. The van der Waals surface area contributed by atoms with Crippen LogP contribution in [0.2, 0.25) is 0 Å². The van der Waals surface area contributed by atoms with Gasteiger partial charge in [-0.1, -0.05) is 76.3 Å². The topological polar surface area (TPSA) is 443 Å². The van der Waals surface area contributed by atoms with Gasteiger partial charge in [0.15, 0.2) is 11.4 Å². The third kappa shape index (κ3) is 23.8. The number of aromatic nitrogens is 11. The Labute approximate surface area is 728 Å². The van der Waals surface area contributed by atoms with Crippen molar-refractivity contribution in [1.82, 2.24) is 70.2 Å². The first-order valence-electron chi connectivity index (χ1n) is 43.8. The first-order valence-corrected chi connectivity index (χ1v) is 43.8. The number of aromatic hydroxyl groups is 1. The van der Waals surface area contributed by atoms with Gasteiger partial charge in [-0.05, 0) is 144 Å². The van der Waals surface area contributed by atoms with Crippen LogP contribution in [0.25, 0.3) is 22.3 Å². The van der Waals surface area contributed by atoms with Crippen LogP contribution in [-0.4, -0.2) is 264 Å². The number of rotatable bonds is 26.